The molecule has 1 atom stereocenters. The molecule has 0 spiro atoms. The van der Waals surface area contributed by atoms with Gasteiger partial charge in [0.05, 0.1) is 10.7 Å². The molecule has 1 aliphatic rings. The standard InChI is InChI=1S/C16H18Cl2N4O2S/c1-8(2)9(3)21-22-16-20-15(24)13(25-16)7-14(23)19-12-6-10(17)4-5-11(12)18/h4-6,8,13H,7H2,1-3H3,(H,19,23)(H,20,22,24)/b21-9-/t13-/m1/s1. The molecular weight excluding hydrogens is 383 g/mol. The number of nitrogens with zero attached hydrogens (tertiary/aromatic N) is 2. The number of hydrogen-bond donors (Lipinski definition) is 2. The maximum Gasteiger partial charge on any atom is 0.240 e. The number of hydrogen-bond acceptors (Lipinski definition) is 5. The van der Waals surface area contributed by atoms with Gasteiger partial charge in [-0.2, -0.15) is 5.10 Å². The first-order valence-electron chi connectivity index (χ1n) is 7.61. The highest BCUT2D eigenvalue weighted by molar-refractivity contribution is 8.15. The van der Waals surface area contributed by atoms with Crippen molar-refractivity contribution in [2.45, 2.75) is 32.4 Å². The van der Waals surface area contributed by atoms with Crippen molar-refractivity contribution in [3.8, 4) is 0 Å². The number of nitrogens with one attached hydrogen (secondary N) is 2. The van der Waals surface area contributed by atoms with Gasteiger partial charge in [-0.3, -0.25) is 9.59 Å². The molecule has 134 valence electrons. The number of anilines is 1. The van der Waals surface area contributed by atoms with Gasteiger partial charge in [-0.1, -0.05) is 48.8 Å². The van der Waals surface area contributed by atoms with Crippen molar-refractivity contribution in [1.82, 2.24) is 5.32 Å². The van der Waals surface area contributed by atoms with Crippen LogP contribution in [-0.2, 0) is 9.59 Å². The molecule has 2 amide bonds. The largest absolute Gasteiger partial charge is 0.325 e. The quantitative estimate of drug-likeness (QED) is 0.579. The Balaban J connectivity index is 1.97. The zero-order valence-electron chi connectivity index (χ0n) is 14.0. The molecule has 2 N–H and O–H groups in total. The minimum absolute atomic E-state index is 0.00869. The van der Waals surface area contributed by atoms with E-state index in [-0.39, 0.29) is 24.2 Å². The Morgan fingerprint density at radius 1 is 1.40 bits per heavy atom. The maximum atomic E-state index is 12.2. The zero-order chi connectivity index (χ0) is 18.6. The monoisotopic (exact) mass is 400 g/mol. The lowest BCUT2D eigenvalue weighted by Crippen LogP contribution is -2.28. The van der Waals surface area contributed by atoms with Crippen LogP contribution in [0.1, 0.15) is 27.2 Å². The average molecular weight is 401 g/mol. The van der Waals surface area contributed by atoms with Gasteiger partial charge in [-0.25, -0.2) is 0 Å². The molecule has 0 bridgehead atoms. The van der Waals surface area contributed by atoms with E-state index in [1.165, 1.54) is 11.8 Å². The van der Waals surface area contributed by atoms with E-state index in [9.17, 15) is 9.59 Å². The Hall–Kier alpha value is -1.57. The Labute approximate surface area is 160 Å². The number of amides is 2. The Bertz CT molecular complexity index is 750. The van der Waals surface area contributed by atoms with Gasteiger partial charge in [-0.15, -0.1) is 5.10 Å². The molecule has 0 aromatic heterocycles. The van der Waals surface area contributed by atoms with Crippen molar-refractivity contribution in [3.63, 3.8) is 0 Å². The molecule has 9 heteroatoms. The molecular formula is C16H18Cl2N4O2S. The van der Waals surface area contributed by atoms with Crippen LogP contribution in [-0.4, -0.2) is 27.9 Å². The van der Waals surface area contributed by atoms with Crippen LogP contribution in [0.5, 0.6) is 0 Å². The molecule has 1 saturated heterocycles. The van der Waals surface area contributed by atoms with Crippen LogP contribution >= 0.6 is 35.0 Å². The highest BCUT2D eigenvalue weighted by Gasteiger charge is 2.32. The van der Waals surface area contributed by atoms with Gasteiger partial charge in [0.2, 0.25) is 11.8 Å². The first kappa shape index (κ1) is 19.8. The second-order valence-electron chi connectivity index (χ2n) is 5.77. The molecule has 0 aliphatic carbocycles. The van der Waals surface area contributed by atoms with Gasteiger partial charge in [-0.05, 0) is 31.0 Å². The molecule has 1 aromatic carbocycles. The predicted molar refractivity (Wildman–Crippen MR) is 105 cm³/mol. The van der Waals surface area contributed by atoms with Gasteiger partial charge in [0.25, 0.3) is 0 Å². The summed E-state index contributed by atoms with van der Waals surface area (Å²) in [6.07, 6.45) is -0.00869. The van der Waals surface area contributed by atoms with E-state index in [1.807, 2.05) is 20.8 Å². The summed E-state index contributed by atoms with van der Waals surface area (Å²) >= 11 is 13.1. The number of carbonyl (C=O) groups excluding carboxylic acids is 2. The Morgan fingerprint density at radius 2 is 2.12 bits per heavy atom. The third-order valence-corrected chi connectivity index (χ3v) is 5.12. The van der Waals surface area contributed by atoms with Gasteiger partial charge in [0.1, 0.15) is 5.25 Å². The summed E-state index contributed by atoms with van der Waals surface area (Å²) in [5, 5.41) is 14.1. The highest BCUT2D eigenvalue weighted by Crippen LogP contribution is 2.27. The fraction of sp³-hybridized carbons (Fsp3) is 0.375. The fourth-order valence-electron chi connectivity index (χ4n) is 1.79. The molecule has 1 aromatic rings. The summed E-state index contributed by atoms with van der Waals surface area (Å²) in [6, 6.07) is 4.78. The van der Waals surface area contributed by atoms with Crippen LogP contribution in [0, 0.1) is 5.92 Å². The number of rotatable bonds is 5. The molecule has 1 heterocycles. The summed E-state index contributed by atoms with van der Waals surface area (Å²) < 4.78 is 0. The van der Waals surface area contributed by atoms with Gasteiger partial charge in [0, 0.05) is 17.2 Å². The van der Waals surface area contributed by atoms with Crippen LogP contribution in [0.15, 0.2) is 28.4 Å². The summed E-state index contributed by atoms with van der Waals surface area (Å²) in [6.45, 7) is 5.89. The van der Waals surface area contributed by atoms with E-state index in [1.54, 1.807) is 18.2 Å². The number of benzene rings is 1. The van der Waals surface area contributed by atoms with Crippen LogP contribution < -0.4 is 10.6 Å². The predicted octanol–water partition coefficient (Wildman–Crippen LogP) is 3.94. The van der Waals surface area contributed by atoms with Gasteiger partial charge >= 0.3 is 0 Å². The lowest BCUT2D eigenvalue weighted by Gasteiger charge is -2.09. The Kier molecular flexibility index (Phi) is 6.87. The van der Waals surface area contributed by atoms with Crippen molar-refractivity contribution in [3.05, 3.63) is 28.2 Å². The molecule has 0 radical (unpaired) electrons. The average Bonchev–Trinajstić information content (AvgIpc) is 2.88. The van der Waals surface area contributed by atoms with Crippen LogP contribution in [0.3, 0.4) is 0 Å². The van der Waals surface area contributed by atoms with E-state index >= 15 is 0 Å². The van der Waals surface area contributed by atoms with E-state index in [4.69, 9.17) is 23.2 Å². The molecule has 1 fully saturated rings. The smallest absolute Gasteiger partial charge is 0.240 e. The summed E-state index contributed by atoms with van der Waals surface area (Å²) in [5.41, 5.74) is 1.27. The second kappa shape index (κ2) is 8.69. The molecule has 6 nitrogen and oxygen atoms in total. The van der Waals surface area contributed by atoms with E-state index in [2.05, 4.69) is 20.8 Å². The van der Waals surface area contributed by atoms with Crippen LogP contribution in [0.2, 0.25) is 10.0 Å². The highest BCUT2D eigenvalue weighted by atomic mass is 35.5. The lowest BCUT2D eigenvalue weighted by molar-refractivity contribution is -0.122. The number of halogens is 2. The number of amidine groups is 1. The molecule has 0 saturated carbocycles. The topological polar surface area (TPSA) is 82.9 Å². The number of thioether (sulfide) groups is 1. The normalized spacial score (nSPS) is 19.4. The zero-order valence-corrected chi connectivity index (χ0v) is 16.3. The van der Waals surface area contributed by atoms with Crippen molar-refractivity contribution >= 4 is 63.3 Å². The molecule has 0 unspecified atom stereocenters. The minimum Gasteiger partial charge on any atom is -0.325 e. The van der Waals surface area contributed by atoms with Crippen molar-refractivity contribution in [2.75, 3.05) is 5.32 Å². The minimum atomic E-state index is -0.564. The first-order valence-corrected chi connectivity index (χ1v) is 9.24. The number of carbonyl (C=O) groups is 2. The third-order valence-electron chi connectivity index (χ3n) is 3.48. The van der Waals surface area contributed by atoms with Crippen LogP contribution in [0.4, 0.5) is 5.69 Å². The van der Waals surface area contributed by atoms with Crippen molar-refractivity contribution < 1.29 is 9.59 Å². The fourth-order valence-corrected chi connectivity index (χ4v) is 3.04. The molecule has 25 heavy (non-hydrogen) atoms. The molecule has 1 aliphatic heterocycles. The van der Waals surface area contributed by atoms with Gasteiger partial charge < -0.3 is 10.6 Å². The summed E-state index contributed by atoms with van der Waals surface area (Å²) in [7, 11) is 0. The summed E-state index contributed by atoms with van der Waals surface area (Å²) in [4.78, 5) is 24.1. The van der Waals surface area contributed by atoms with Crippen molar-refractivity contribution in [2.24, 2.45) is 16.1 Å². The first-order chi connectivity index (χ1) is 11.8. The van der Waals surface area contributed by atoms with Crippen LogP contribution in [0.25, 0.3) is 0 Å². The summed E-state index contributed by atoms with van der Waals surface area (Å²) in [5.74, 6) is -0.330. The Morgan fingerprint density at radius 3 is 2.80 bits per heavy atom. The maximum absolute atomic E-state index is 12.2. The SMILES string of the molecule is C/C(=N/N=C1\NC(=O)[C@@H](CC(=O)Nc2cc(Cl)ccc2Cl)S1)C(C)C. The molecule has 2 rings (SSSR count). The third kappa shape index (κ3) is 5.73. The lowest BCUT2D eigenvalue weighted by atomic mass is 10.1. The van der Waals surface area contributed by atoms with E-state index < -0.39 is 5.25 Å². The van der Waals surface area contributed by atoms with Crippen molar-refractivity contribution in [1.29, 1.82) is 0 Å². The van der Waals surface area contributed by atoms with E-state index in [0.717, 1.165) is 5.71 Å². The van der Waals surface area contributed by atoms with E-state index in [0.29, 0.717) is 20.9 Å². The van der Waals surface area contributed by atoms with Gasteiger partial charge in [0.15, 0.2) is 5.17 Å². The second-order valence-corrected chi connectivity index (χ2v) is 7.81.